The summed E-state index contributed by atoms with van der Waals surface area (Å²) >= 11 is 0. The first-order valence-electron chi connectivity index (χ1n) is 29.2. The standard InChI is InChI=1S/C57H98O24/c1-9-10-16-45(66)77-44-26-48(75-34(8)51(44)71)79-56(73)32(6)50(70)30(4)49(69)31(5)52-33(7)53-54(80-53)41(63)15-12-14-39(76-47(68)20-29(3)58)23-38(62)24-40-25-42(64)55(72)57(74,81-40)27-43(65)28(2)18-19-36(60)22-37(61)21-35(59)13-11-17-46(67)78-52/h11,17,28,30-44,48-56,59-65,69-74H,9-10,12-16,18-27H2,1-8H3/b17-11+/t28-,30-,31+,32-,33+,34-,35-,36+,37-,38-,39-,40-,41+,42+,43+,44-,48-,49+,50-,51+,52-,53-,54+,55-,56+,57+/m1/s1. The van der Waals surface area contributed by atoms with Crippen molar-refractivity contribution in [2.24, 2.45) is 29.6 Å². The third-order valence-corrected chi connectivity index (χ3v) is 16.7. The Bertz CT molecular complexity index is 1940. The van der Waals surface area contributed by atoms with Crippen LogP contribution in [0.3, 0.4) is 0 Å². The van der Waals surface area contributed by atoms with Crippen molar-refractivity contribution in [1.82, 2.24) is 0 Å². The van der Waals surface area contributed by atoms with Crippen LogP contribution in [0.15, 0.2) is 12.2 Å². The van der Waals surface area contributed by atoms with Crippen LogP contribution in [0.2, 0.25) is 0 Å². The highest BCUT2D eigenvalue weighted by Crippen LogP contribution is 2.41. The van der Waals surface area contributed by atoms with Crippen molar-refractivity contribution in [2.45, 2.75) is 293 Å². The molecule has 0 aliphatic carbocycles. The molecule has 4 aliphatic rings. The molecule has 4 heterocycles. The van der Waals surface area contributed by atoms with Crippen molar-refractivity contribution in [2.75, 3.05) is 0 Å². The van der Waals surface area contributed by atoms with Gasteiger partial charge in [0.15, 0.2) is 18.4 Å². The molecule has 3 saturated heterocycles. The van der Waals surface area contributed by atoms with Crippen molar-refractivity contribution in [3.8, 4) is 0 Å². The fourth-order valence-corrected chi connectivity index (χ4v) is 11.4. The molecular formula is C57H98O24. The Hall–Kier alpha value is -2.86. The van der Waals surface area contributed by atoms with E-state index in [0.29, 0.717) is 6.42 Å². The van der Waals surface area contributed by atoms with Gasteiger partial charge in [-0.2, -0.15) is 0 Å². The molecule has 3 fully saturated rings. The molecule has 0 spiro atoms. The second kappa shape index (κ2) is 33.2. The van der Waals surface area contributed by atoms with Gasteiger partial charge in [-0.05, 0) is 84.0 Å². The lowest BCUT2D eigenvalue weighted by atomic mass is 9.78. The molecule has 0 aromatic carbocycles. The Morgan fingerprint density at radius 2 is 1.40 bits per heavy atom. The molecular weight excluding hydrogens is 1070 g/mol. The molecule has 0 saturated carbocycles. The number of hydrogen-bond donors (Lipinski definition) is 13. The Balaban J connectivity index is 1.53. The maximum Gasteiger partial charge on any atom is 0.330 e. The quantitative estimate of drug-likeness (QED) is 0.0351. The number of ether oxygens (including phenoxy) is 7. The number of esters is 3. The first-order chi connectivity index (χ1) is 37.9. The van der Waals surface area contributed by atoms with Crippen LogP contribution in [-0.4, -0.2) is 218 Å². The fraction of sp³-hybridized carbons (Fsp3) is 0.895. The van der Waals surface area contributed by atoms with Crippen LogP contribution in [-0.2, 0) is 52.3 Å². The van der Waals surface area contributed by atoms with Gasteiger partial charge in [0.25, 0.3) is 0 Å². The average molecular weight is 1170 g/mol. The van der Waals surface area contributed by atoms with E-state index in [1.165, 1.54) is 26.8 Å². The van der Waals surface area contributed by atoms with Crippen LogP contribution in [0.25, 0.3) is 0 Å². The summed E-state index contributed by atoms with van der Waals surface area (Å²) in [6.07, 6.45) is -21.6. The SMILES string of the molecule is CCCCC(=O)O[C@@H]1C[C@@H](O[C@H](O)[C@H](C)[C@H](O)[C@H](C)[C@H](O)[C@H](C)[C@H]2OC(=O)/C=C/C[C@@H](O)C[C@@H](O)C[C@@H](O)CC[C@@H](C)[C@@H](O)C[C@]3(O)O[C@H](C[C@H](O)C[C@H](OC(=O)CC(C)=O)CCC[C@H](O)[C@@H]4O[C@@H]4[C@H]2C)C[C@H](O)[C@H]3O)O[C@H](C)[C@@H]1O. The van der Waals surface area contributed by atoms with E-state index < -0.39 is 194 Å². The number of aliphatic hydroxyl groups excluding tert-OH is 12. The van der Waals surface area contributed by atoms with Crippen LogP contribution < -0.4 is 0 Å². The number of carbonyl (C=O) groups excluding carboxylic acids is 4. The molecule has 26 atom stereocenters. The smallest absolute Gasteiger partial charge is 0.330 e. The number of ketones is 1. The minimum atomic E-state index is -2.45. The van der Waals surface area contributed by atoms with Gasteiger partial charge in [-0.3, -0.25) is 14.4 Å². The van der Waals surface area contributed by atoms with Gasteiger partial charge in [0.1, 0.15) is 48.8 Å². The average Bonchev–Trinajstić information content (AvgIpc) is 4.22. The first kappa shape index (κ1) is 70.6. The lowest BCUT2D eigenvalue weighted by Gasteiger charge is -2.45. The minimum Gasteiger partial charge on any atom is -0.462 e. The topological polar surface area (TPSA) is 399 Å². The molecule has 4 rings (SSSR count). The molecule has 2 bridgehead atoms. The number of Topliss-reactive ketones (excluding diaryl/α,β-unsaturated/α-hetero) is 1. The molecule has 0 unspecified atom stereocenters. The number of epoxide rings is 1. The van der Waals surface area contributed by atoms with Crippen LogP contribution in [0.5, 0.6) is 0 Å². The Morgan fingerprint density at radius 1 is 0.728 bits per heavy atom. The summed E-state index contributed by atoms with van der Waals surface area (Å²) < 4.78 is 40.5. The number of aliphatic hydroxyl groups is 13. The zero-order valence-corrected chi connectivity index (χ0v) is 48.4. The Kier molecular flexibility index (Phi) is 28.9. The monoisotopic (exact) mass is 1170 g/mol. The van der Waals surface area contributed by atoms with Gasteiger partial charge in [0, 0.05) is 61.9 Å². The van der Waals surface area contributed by atoms with Gasteiger partial charge >= 0.3 is 17.9 Å². The highest BCUT2D eigenvalue weighted by atomic mass is 16.7. The summed E-state index contributed by atoms with van der Waals surface area (Å²) in [5.41, 5.74) is 0. The molecule has 0 amide bonds. The van der Waals surface area contributed by atoms with Crippen molar-refractivity contribution < 1.29 is 119 Å². The highest BCUT2D eigenvalue weighted by molar-refractivity contribution is 5.94. The Labute approximate surface area is 475 Å². The van der Waals surface area contributed by atoms with Crippen molar-refractivity contribution in [3.05, 3.63) is 12.2 Å². The van der Waals surface area contributed by atoms with Crippen LogP contribution in [0.1, 0.15) is 165 Å². The number of hydrogen-bond acceptors (Lipinski definition) is 24. The normalized spacial score (nSPS) is 40.4. The molecule has 81 heavy (non-hydrogen) atoms. The van der Waals surface area contributed by atoms with E-state index in [1.54, 1.807) is 27.7 Å². The van der Waals surface area contributed by atoms with Crippen LogP contribution >= 0.6 is 0 Å². The highest BCUT2D eigenvalue weighted by Gasteiger charge is 2.53. The minimum absolute atomic E-state index is 0.0807. The van der Waals surface area contributed by atoms with Crippen LogP contribution in [0, 0.1) is 29.6 Å². The number of carbonyl (C=O) groups is 4. The van der Waals surface area contributed by atoms with Crippen molar-refractivity contribution >= 4 is 23.7 Å². The van der Waals surface area contributed by atoms with E-state index in [-0.39, 0.29) is 83.5 Å². The number of unbranched alkanes of at least 4 members (excludes halogenated alkanes) is 1. The second-order valence-electron chi connectivity index (χ2n) is 23.9. The summed E-state index contributed by atoms with van der Waals surface area (Å²) in [7, 11) is 0. The van der Waals surface area contributed by atoms with E-state index in [1.807, 2.05) is 6.92 Å². The predicted octanol–water partition coefficient (Wildman–Crippen LogP) is 0.617. The number of cyclic esters (lactones) is 1. The van der Waals surface area contributed by atoms with Crippen molar-refractivity contribution in [1.29, 1.82) is 0 Å². The van der Waals surface area contributed by atoms with Crippen molar-refractivity contribution in [3.63, 3.8) is 0 Å². The summed E-state index contributed by atoms with van der Waals surface area (Å²) in [6, 6.07) is 0. The third-order valence-electron chi connectivity index (χ3n) is 16.7. The molecule has 470 valence electrons. The molecule has 0 aromatic heterocycles. The van der Waals surface area contributed by atoms with Gasteiger partial charge in [0.05, 0.1) is 73.2 Å². The van der Waals surface area contributed by atoms with Gasteiger partial charge in [-0.15, -0.1) is 0 Å². The van der Waals surface area contributed by atoms with Gasteiger partial charge in [0.2, 0.25) is 0 Å². The third kappa shape index (κ3) is 22.2. The largest absolute Gasteiger partial charge is 0.462 e. The van der Waals surface area contributed by atoms with E-state index in [2.05, 4.69) is 0 Å². The van der Waals surface area contributed by atoms with E-state index >= 15 is 0 Å². The summed E-state index contributed by atoms with van der Waals surface area (Å²) in [5, 5.41) is 145. The Morgan fingerprint density at radius 3 is 2.06 bits per heavy atom. The van der Waals surface area contributed by atoms with Gasteiger partial charge in [-0.25, -0.2) is 4.79 Å². The van der Waals surface area contributed by atoms with E-state index in [4.69, 9.17) is 33.2 Å². The summed E-state index contributed by atoms with van der Waals surface area (Å²) in [4.78, 5) is 50.5. The summed E-state index contributed by atoms with van der Waals surface area (Å²) in [5.74, 6) is -9.50. The fourth-order valence-electron chi connectivity index (χ4n) is 11.4. The lowest BCUT2D eigenvalue weighted by Crippen LogP contribution is -2.59. The zero-order valence-electron chi connectivity index (χ0n) is 48.4. The maximum atomic E-state index is 13.6. The molecule has 13 N–H and O–H groups in total. The molecule has 24 heteroatoms. The van der Waals surface area contributed by atoms with E-state index in [0.717, 1.165) is 12.5 Å². The number of fused-ring (bicyclic) bond motifs is 3. The predicted molar refractivity (Wildman–Crippen MR) is 285 cm³/mol. The van der Waals surface area contributed by atoms with E-state index in [9.17, 15) is 85.6 Å². The van der Waals surface area contributed by atoms with Crippen LogP contribution in [0.4, 0.5) is 0 Å². The lowest BCUT2D eigenvalue weighted by molar-refractivity contribution is -0.333. The van der Waals surface area contributed by atoms with Gasteiger partial charge in [-0.1, -0.05) is 54.0 Å². The molecule has 0 aromatic rings. The molecule has 4 aliphatic heterocycles. The first-order valence-corrected chi connectivity index (χ1v) is 29.2. The maximum absolute atomic E-state index is 13.6. The number of rotatable bonds is 15. The molecule has 24 nitrogen and oxygen atoms in total. The molecule has 0 radical (unpaired) electrons. The second-order valence-corrected chi connectivity index (χ2v) is 23.9. The summed E-state index contributed by atoms with van der Waals surface area (Å²) in [6.45, 7) is 12.6. The zero-order chi connectivity index (χ0) is 60.6. The van der Waals surface area contributed by atoms with Gasteiger partial charge < -0.3 is 99.5 Å².